The van der Waals surface area contributed by atoms with Crippen LogP contribution in [-0.2, 0) is 13.6 Å². The summed E-state index contributed by atoms with van der Waals surface area (Å²) in [5.74, 6) is 0.988. The molecule has 0 saturated heterocycles. The number of nitrogens with zero attached hydrogens (tertiary/aromatic N) is 2. The molecule has 0 radical (unpaired) electrons. The van der Waals surface area contributed by atoms with Crippen LogP contribution >= 0.6 is 11.8 Å². The molecule has 0 fully saturated rings. The quantitative estimate of drug-likeness (QED) is 0.749. The van der Waals surface area contributed by atoms with Crippen molar-refractivity contribution in [2.75, 3.05) is 6.26 Å². The first-order valence-corrected chi connectivity index (χ1v) is 7.75. The van der Waals surface area contributed by atoms with E-state index >= 15 is 0 Å². The van der Waals surface area contributed by atoms with Gasteiger partial charge >= 0.3 is 0 Å². The van der Waals surface area contributed by atoms with Crippen LogP contribution in [0.1, 0.15) is 5.56 Å². The Hall–Kier alpha value is -1.78. The minimum Gasteiger partial charge on any atom is -0.327 e. The normalized spacial score (nSPS) is 11.2. The number of thioether (sulfide) groups is 1. The molecule has 3 rings (SSSR count). The topological polar surface area (TPSA) is 43.8 Å². The zero-order valence-corrected chi connectivity index (χ0v) is 12.4. The second kappa shape index (κ2) is 5.31. The van der Waals surface area contributed by atoms with Crippen LogP contribution in [0.15, 0.2) is 47.4 Å². The molecule has 0 bridgehead atoms. The van der Waals surface area contributed by atoms with Crippen LogP contribution in [0, 0.1) is 0 Å². The van der Waals surface area contributed by atoms with Crippen LogP contribution in [0.2, 0.25) is 0 Å². The Morgan fingerprint density at radius 1 is 1.15 bits per heavy atom. The van der Waals surface area contributed by atoms with Crippen molar-refractivity contribution in [1.29, 1.82) is 0 Å². The first-order chi connectivity index (χ1) is 9.72. The van der Waals surface area contributed by atoms with Gasteiger partial charge in [0.05, 0.1) is 11.0 Å². The number of imidazole rings is 1. The van der Waals surface area contributed by atoms with E-state index in [2.05, 4.69) is 60.3 Å². The van der Waals surface area contributed by atoms with E-state index in [0.717, 1.165) is 28.0 Å². The molecule has 20 heavy (non-hydrogen) atoms. The highest BCUT2D eigenvalue weighted by Crippen LogP contribution is 2.26. The molecule has 0 aliphatic heterocycles. The first kappa shape index (κ1) is 13.2. The molecular formula is C16H17N3S. The molecule has 1 aromatic heterocycles. The van der Waals surface area contributed by atoms with Crippen molar-refractivity contribution in [2.24, 2.45) is 12.8 Å². The van der Waals surface area contributed by atoms with Gasteiger partial charge in [-0.2, -0.15) is 0 Å². The van der Waals surface area contributed by atoms with Crippen molar-refractivity contribution in [3.05, 3.63) is 48.0 Å². The van der Waals surface area contributed by atoms with Gasteiger partial charge in [-0.1, -0.05) is 18.2 Å². The van der Waals surface area contributed by atoms with Gasteiger partial charge in [-0.05, 0) is 36.1 Å². The number of aromatic nitrogens is 2. The van der Waals surface area contributed by atoms with Crippen LogP contribution in [-0.4, -0.2) is 15.8 Å². The molecule has 3 nitrogen and oxygen atoms in total. The molecule has 1 heterocycles. The van der Waals surface area contributed by atoms with Crippen molar-refractivity contribution < 1.29 is 0 Å². The maximum Gasteiger partial charge on any atom is 0.140 e. The summed E-state index contributed by atoms with van der Waals surface area (Å²) >= 11 is 1.75. The molecule has 0 unspecified atom stereocenters. The predicted octanol–water partition coefficient (Wildman–Crippen LogP) is 3.42. The highest BCUT2D eigenvalue weighted by Gasteiger charge is 2.10. The standard InChI is InChI=1S/C16H17N3S/c1-19-15-8-3-11(10-17)9-14(15)18-16(19)12-4-6-13(20-2)7-5-12/h3-9H,10,17H2,1-2H3. The van der Waals surface area contributed by atoms with E-state index in [4.69, 9.17) is 10.7 Å². The fourth-order valence-corrected chi connectivity index (χ4v) is 2.78. The Morgan fingerprint density at radius 2 is 1.90 bits per heavy atom. The Kier molecular flexibility index (Phi) is 3.51. The van der Waals surface area contributed by atoms with Crippen LogP contribution in [0.4, 0.5) is 0 Å². The minimum absolute atomic E-state index is 0.546. The van der Waals surface area contributed by atoms with E-state index in [1.807, 2.05) is 0 Å². The Labute approximate surface area is 122 Å². The van der Waals surface area contributed by atoms with Gasteiger partial charge in [0.1, 0.15) is 5.82 Å². The smallest absolute Gasteiger partial charge is 0.140 e. The van der Waals surface area contributed by atoms with E-state index in [-0.39, 0.29) is 0 Å². The first-order valence-electron chi connectivity index (χ1n) is 6.53. The molecular weight excluding hydrogens is 266 g/mol. The van der Waals surface area contributed by atoms with Gasteiger partial charge in [-0.3, -0.25) is 0 Å². The summed E-state index contributed by atoms with van der Waals surface area (Å²) in [5.41, 5.74) is 10.1. The Bertz CT molecular complexity index is 744. The number of rotatable bonds is 3. The third-order valence-corrected chi connectivity index (χ3v) is 4.27. The Balaban J connectivity index is 2.12. The van der Waals surface area contributed by atoms with Crippen molar-refractivity contribution in [3.8, 4) is 11.4 Å². The molecule has 2 N–H and O–H groups in total. The van der Waals surface area contributed by atoms with Gasteiger partial charge in [0, 0.05) is 24.1 Å². The molecule has 0 aliphatic rings. The molecule has 0 saturated carbocycles. The summed E-state index contributed by atoms with van der Waals surface area (Å²) in [7, 11) is 2.05. The lowest BCUT2D eigenvalue weighted by molar-refractivity contribution is 0.958. The number of benzene rings is 2. The molecule has 0 amide bonds. The van der Waals surface area contributed by atoms with E-state index < -0.39 is 0 Å². The van der Waals surface area contributed by atoms with Crippen molar-refractivity contribution in [1.82, 2.24) is 9.55 Å². The van der Waals surface area contributed by atoms with E-state index in [1.165, 1.54) is 4.90 Å². The lowest BCUT2D eigenvalue weighted by atomic mass is 10.2. The highest BCUT2D eigenvalue weighted by atomic mass is 32.2. The third kappa shape index (κ3) is 2.21. The van der Waals surface area contributed by atoms with E-state index in [9.17, 15) is 0 Å². The summed E-state index contributed by atoms with van der Waals surface area (Å²) in [5, 5.41) is 0. The van der Waals surface area contributed by atoms with E-state index in [1.54, 1.807) is 11.8 Å². The lowest BCUT2D eigenvalue weighted by Gasteiger charge is -2.03. The average Bonchev–Trinajstić information content (AvgIpc) is 2.84. The van der Waals surface area contributed by atoms with Crippen molar-refractivity contribution in [2.45, 2.75) is 11.4 Å². The number of hydrogen-bond acceptors (Lipinski definition) is 3. The molecule has 102 valence electrons. The minimum atomic E-state index is 0.546. The van der Waals surface area contributed by atoms with Crippen LogP contribution in [0.25, 0.3) is 22.4 Å². The largest absolute Gasteiger partial charge is 0.327 e. The highest BCUT2D eigenvalue weighted by molar-refractivity contribution is 7.98. The maximum absolute atomic E-state index is 5.69. The van der Waals surface area contributed by atoms with Gasteiger partial charge in [-0.25, -0.2) is 4.98 Å². The van der Waals surface area contributed by atoms with Gasteiger partial charge < -0.3 is 10.3 Å². The van der Waals surface area contributed by atoms with Gasteiger partial charge in [0.15, 0.2) is 0 Å². The lowest BCUT2D eigenvalue weighted by Crippen LogP contribution is -1.95. The fraction of sp³-hybridized carbons (Fsp3) is 0.188. The predicted molar refractivity (Wildman–Crippen MR) is 85.8 cm³/mol. The second-order valence-electron chi connectivity index (χ2n) is 4.75. The second-order valence-corrected chi connectivity index (χ2v) is 5.63. The molecule has 0 atom stereocenters. The van der Waals surface area contributed by atoms with E-state index in [0.29, 0.717) is 6.54 Å². The van der Waals surface area contributed by atoms with Crippen LogP contribution < -0.4 is 5.73 Å². The molecule has 0 spiro atoms. The average molecular weight is 283 g/mol. The summed E-state index contributed by atoms with van der Waals surface area (Å²) in [6.45, 7) is 0.546. The van der Waals surface area contributed by atoms with Gasteiger partial charge in [0.25, 0.3) is 0 Å². The summed E-state index contributed by atoms with van der Waals surface area (Å²) in [6.07, 6.45) is 2.08. The molecule has 2 aromatic carbocycles. The molecule has 3 aromatic rings. The number of aryl methyl sites for hydroxylation is 1. The maximum atomic E-state index is 5.69. The molecule has 0 aliphatic carbocycles. The fourth-order valence-electron chi connectivity index (χ4n) is 2.37. The number of hydrogen-bond donors (Lipinski definition) is 1. The van der Waals surface area contributed by atoms with Crippen molar-refractivity contribution >= 4 is 22.8 Å². The summed E-state index contributed by atoms with van der Waals surface area (Å²) in [4.78, 5) is 6.01. The van der Waals surface area contributed by atoms with Crippen molar-refractivity contribution in [3.63, 3.8) is 0 Å². The van der Waals surface area contributed by atoms with Crippen LogP contribution in [0.5, 0.6) is 0 Å². The third-order valence-electron chi connectivity index (χ3n) is 3.53. The van der Waals surface area contributed by atoms with Crippen LogP contribution in [0.3, 0.4) is 0 Å². The summed E-state index contributed by atoms with van der Waals surface area (Å²) in [6, 6.07) is 14.7. The summed E-state index contributed by atoms with van der Waals surface area (Å²) < 4.78 is 2.13. The zero-order valence-electron chi connectivity index (χ0n) is 11.6. The number of fused-ring (bicyclic) bond motifs is 1. The SMILES string of the molecule is CSc1ccc(-c2nc3cc(CN)ccc3n2C)cc1. The van der Waals surface area contributed by atoms with Gasteiger partial charge in [0.2, 0.25) is 0 Å². The zero-order chi connectivity index (χ0) is 14.1. The Morgan fingerprint density at radius 3 is 2.55 bits per heavy atom. The molecule has 4 heteroatoms. The monoisotopic (exact) mass is 283 g/mol. The number of nitrogens with two attached hydrogens (primary N) is 1. The van der Waals surface area contributed by atoms with Gasteiger partial charge in [-0.15, -0.1) is 11.8 Å².